The summed E-state index contributed by atoms with van der Waals surface area (Å²) >= 11 is 0. The van der Waals surface area contributed by atoms with Gasteiger partial charge in [0.25, 0.3) is 0 Å². The Morgan fingerprint density at radius 1 is 1.00 bits per heavy atom. The molecule has 3 unspecified atom stereocenters. The minimum atomic E-state index is -0.312. The molecule has 3 N–H and O–H groups in total. The lowest BCUT2D eigenvalue weighted by Gasteiger charge is -2.29. The van der Waals surface area contributed by atoms with E-state index in [1.54, 1.807) is 33.5 Å². The number of aryl methyl sites for hydroxylation is 1. The fourth-order valence-corrected chi connectivity index (χ4v) is 4.17. The fraction of sp³-hybridized carbons (Fsp3) is 0.381. The van der Waals surface area contributed by atoms with Gasteiger partial charge in [-0.25, -0.2) is 10.9 Å². The van der Waals surface area contributed by atoms with Crippen molar-refractivity contribution in [3.63, 3.8) is 0 Å². The molecule has 1 aliphatic carbocycles. The first kappa shape index (κ1) is 18.6. The van der Waals surface area contributed by atoms with Gasteiger partial charge in [-0.1, -0.05) is 6.07 Å². The second kappa shape index (κ2) is 7.69. The number of nitrogens with one attached hydrogen (secondary N) is 3. The summed E-state index contributed by atoms with van der Waals surface area (Å²) in [6, 6.07) is 11.3. The average molecular weight is 383 g/mol. The van der Waals surface area contributed by atoms with Crippen molar-refractivity contribution in [1.82, 2.24) is 10.9 Å². The van der Waals surface area contributed by atoms with Gasteiger partial charge in [-0.15, -0.1) is 0 Å². The van der Waals surface area contributed by atoms with E-state index in [9.17, 15) is 4.79 Å². The molecule has 1 saturated heterocycles. The Kier molecular flexibility index (Phi) is 5.11. The minimum absolute atomic E-state index is 0.0656. The molecule has 7 heteroatoms. The van der Waals surface area contributed by atoms with Crippen LogP contribution in [0.5, 0.6) is 17.2 Å². The number of carbonyl (C=O) groups is 1. The highest BCUT2D eigenvalue weighted by Gasteiger charge is 2.43. The number of rotatable bonds is 5. The molecule has 0 spiro atoms. The number of hydrazine groups is 1. The van der Waals surface area contributed by atoms with Gasteiger partial charge in [0.2, 0.25) is 5.91 Å². The summed E-state index contributed by atoms with van der Waals surface area (Å²) in [6.45, 7) is 0. The SMILES string of the molecule is COc1ccc2c(c1)CCC1C(C(=O)Nc3ccc(OC)c(OC)c3)NNC21. The maximum Gasteiger partial charge on any atom is 0.243 e. The van der Waals surface area contributed by atoms with E-state index in [-0.39, 0.29) is 23.9 Å². The molecule has 0 bridgehead atoms. The second-order valence-corrected chi connectivity index (χ2v) is 7.07. The fourth-order valence-electron chi connectivity index (χ4n) is 4.17. The van der Waals surface area contributed by atoms with Crippen molar-refractivity contribution in [3.05, 3.63) is 47.5 Å². The Balaban J connectivity index is 1.49. The van der Waals surface area contributed by atoms with Crippen LogP contribution in [0.3, 0.4) is 0 Å². The number of methoxy groups -OCH3 is 3. The molecule has 2 aromatic rings. The molecule has 28 heavy (non-hydrogen) atoms. The summed E-state index contributed by atoms with van der Waals surface area (Å²) in [5.74, 6) is 2.19. The standard InChI is InChI=1S/C21H25N3O4/c1-26-14-6-8-15-12(10-14)4-7-16-19(15)23-24-20(16)21(25)22-13-5-9-17(27-2)18(11-13)28-3/h5-6,8-11,16,19-20,23-24H,4,7H2,1-3H3,(H,22,25). The lowest BCUT2D eigenvalue weighted by atomic mass is 9.77. The van der Waals surface area contributed by atoms with E-state index in [1.165, 1.54) is 11.1 Å². The monoisotopic (exact) mass is 383 g/mol. The molecule has 1 fully saturated rings. The molecule has 0 aromatic heterocycles. The number of carbonyl (C=O) groups excluding carboxylic acids is 1. The van der Waals surface area contributed by atoms with Crippen LogP contribution in [0.2, 0.25) is 0 Å². The summed E-state index contributed by atoms with van der Waals surface area (Å²) in [5.41, 5.74) is 9.68. The Labute approximate surface area is 164 Å². The van der Waals surface area contributed by atoms with Crippen molar-refractivity contribution in [1.29, 1.82) is 0 Å². The minimum Gasteiger partial charge on any atom is -0.497 e. The van der Waals surface area contributed by atoms with Crippen LogP contribution in [0.4, 0.5) is 5.69 Å². The number of fused-ring (bicyclic) bond motifs is 3. The normalized spacial score (nSPS) is 22.8. The van der Waals surface area contributed by atoms with Crippen LogP contribution in [0.25, 0.3) is 0 Å². The number of ether oxygens (including phenoxy) is 3. The molecule has 0 saturated carbocycles. The van der Waals surface area contributed by atoms with E-state index in [1.807, 2.05) is 12.1 Å². The van der Waals surface area contributed by atoms with Crippen LogP contribution >= 0.6 is 0 Å². The van der Waals surface area contributed by atoms with Gasteiger partial charge >= 0.3 is 0 Å². The van der Waals surface area contributed by atoms with Crippen LogP contribution in [-0.2, 0) is 11.2 Å². The largest absolute Gasteiger partial charge is 0.497 e. The number of hydrogen-bond acceptors (Lipinski definition) is 6. The third-order valence-electron chi connectivity index (χ3n) is 5.62. The van der Waals surface area contributed by atoms with Gasteiger partial charge in [0.15, 0.2) is 11.5 Å². The summed E-state index contributed by atoms with van der Waals surface area (Å²) in [4.78, 5) is 12.9. The van der Waals surface area contributed by atoms with E-state index in [0.717, 1.165) is 18.6 Å². The molecule has 0 radical (unpaired) electrons. The molecule has 2 aromatic carbocycles. The zero-order valence-corrected chi connectivity index (χ0v) is 16.2. The molecular formula is C21H25N3O4. The van der Waals surface area contributed by atoms with E-state index in [0.29, 0.717) is 17.2 Å². The van der Waals surface area contributed by atoms with E-state index < -0.39 is 0 Å². The number of benzene rings is 2. The summed E-state index contributed by atoms with van der Waals surface area (Å²) in [6.07, 6.45) is 1.85. The number of amides is 1. The van der Waals surface area contributed by atoms with Crippen LogP contribution < -0.4 is 30.4 Å². The predicted molar refractivity (Wildman–Crippen MR) is 106 cm³/mol. The van der Waals surface area contributed by atoms with Crippen molar-refractivity contribution < 1.29 is 19.0 Å². The molecule has 148 valence electrons. The van der Waals surface area contributed by atoms with Gasteiger partial charge in [-0.05, 0) is 48.2 Å². The predicted octanol–water partition coefficient (Wildman–Crippen LogP) is 2.43. The van der Waals surface area contributed by atoms with Crippen molar-refractivity contribution in [2.24, 2.45) is 5.92 Å². The van der Waals surface area contributed by atoms with Gasteiger partial charge in [0.05, 0.1) is 27.4 Å². The zero-order valence-electron chi connectivity index (χ0n) is 16.2. The first-order chi connectivity index (χ1) is 13.6. The van der Waals surface area contributed by atoms with Crippen molar-refractivity contribution in [3.8, 4) is 17.2 Å². The third kappa shape index (κ3) is 3.27. The van der Waals surface area contributed by atoms with Crippen molar-refractivity contribution in [2.75, 3.05) is 26.6 Å². The zero-order chi connectivity index (χ0) is 19.7. The number of anilines is 1. The van der Waals surface area contributed by atoms with Gasteiger partial charge in [-0.3, -0.25) is 4.79 Å². The highest BCUT2D eigenvalue weighted by atomic mass is 16.5. The lowest BCUT2D eigenvalue weighted by Crippen LogP contribution is -2.42. The molecule has 3 atom stereocenters. The highest BCUT2D eigenvalue weighted by Crippen LogP contribution is 2.40. The first-order valence-corrected chi connectivity index (χ1v) is 9.35. The van der Waals surface area contributed by atoms with Gasteiger partial charge in [0, 0.05) is 17.7 Å². The van der Waals surface area contributed by atoms with Crippen molar-refractivity contribution in [2.45, 2.75) is 24.9 Å². The molecule has 4 rings (SSSR count). The molecule has 1 heterocycles. The summed E-state index contributed by atoms with van der Waals surface area (Å²) in [7, 11) is 4.84. The first-order valence-electron chi connectivity index (χ1n) is 9.35. The topological polar surface area (TPSA) is 80.9 Å². The average Bonchev–Trinajstić information content (AvgIpc) is 3.17. The van der Waals surface area contributed by atoms with Crippen LogP contribution in [0.1, 0.15) is 23.6 Å². The lowest BCUT2D eigenvalue weighted by molar-refractivity contribution is -0.118. The van der Waals surface area contributed by atoms with Crippen LogP contribution in [0.15, 0.2) is 36.4 Å². The summed E-state index contributed by atoms with van der Waals surface area (Å²) < 4.78 is 15.9. The molecule has 2 aliphatic rings. The second-order valence-electron chi connectivity index (χ2n) is 7.07. The van der Waals surface area contributed by atoms with Crippen LogP contribution in [-0.4, -0.2) is 33.3 Å². The summed E-state index contributed by atoms with van der Waals surface area (Å²) in [5, 5.41) is 2.99. The quantitative estimate of drug-likeness (QED) is 0.736. The van der Waals surface area contributed by atoms with Crippen molar-refractivity contribution >= 4 is 11.6 Å². The van der Waals surface area contributed by atoms with E-state index in [4.69, 9.17) is 14.2 Å². The van der Waals surface area contributed by atoms with Gasteiger partial charge in [-0.2, -0.15) is 0 Å². The number of hydrogen-bond donors (Lipinski definition) is 3. The van der Waals surface area contributed by atoms with Gasteiger partial charge in [0.1, 0.15) is 11.8 Å². The highest BCUT2D eigenvalue weighted by molar-refractivity contribution is 5.95. The molecule has 1 amide bonds. The smallest absolute Gasteiger partial charge is 0.243 e. The molecule has 7 nitrogen and oxygen atoms in total. The third-order valence-corrected chi connectivity index (χ3v) is 5.62. The maximum absolute atomic E-state index is 12.9. The van der Waals surface area contributed by atoms with E-state index >= 15 is 0 Å². The van der Waals surface area contributed by atoms with Gasteiger partial charge < -0.3 is 19.5 Å². The Morgan fingerprint density at radius 2 is 1.82 bits per heavy atom. The Bertz CT molecular complexity index is 886. The Hall–Kier alpha value is -2.77. The molecular weight excluding hydrogens is 358 g/mol. The van der Waals surface area contributed by atoms with E-state index in [2.05, 4.69) is 28.3 Å². The Morgan fingerprint density at radius 3 is 2.57 bits per heavy atom. The maximum atomic E-state index is 12.9. The van der Waals surface area contributed by atoms with Crippen LogP contribution in [0, 0.1) is 5.92 Å². The molecule has 1 aliphatic heterocycles.